The number of nitrogens with one attached hydrogen (secondary N) is 1. The summed E-state index contributed by atoms with van der Waals surface area (Å²) in [5.41, 5.74) is 3.24. The van der Waals surface area contributed by atoms with Gasteiger partial charge in [0.1, 0.15) is 11.2 Å². The number of hydrogen-bond acceptors (Lipinski definition) is 4. The van der Waals surface area contributed by atoms with Crippen molar-refractivity contribution in [1.29, 1.82) is 0 Å². The molecule has 4 heterocycles. The summed E-state index contributed by atoms with van der Waals surface area (Å²) in [6, 6.07) is 8.15. The zero-order valence-corrected chi connectivity index (χ0v) is 24.4. The van der Waals surface area contributed by atoms with Crippen molar-refractivity contribution in [3.05, 3.63) is 67.8 Å². The van der Waals surface area contributed by atoms with Gasteiger partial charge in [-0.25, -0.2) is 0 Å². The van der Waals surface area contributed by atoms with Crippen LogP contribution in [0.2, 0.25) is 15.2 Å². The molecule has 1 N–H and O–H groups in total. The van der Waals surface area contributed by atoms with E-state index in [0.717, 1.165) is 16.6 Å². The Hall–Kier alpha value is -3.51. The normalized spacial score (nSPS) is 19.3. The van der Waals surface area contributed by atoms with E-state index < -0.39 is 11.9 Å². The first-order valence-electron chi connectivity index (χ1n) is 13.3. The molecule has 1 unspecified atom stereocenters. The smallest absolute Gasteiger partial charge is 0.257 e. The van der Waals surface area contributed by atoms with E-state index >= 15 is 0 Å². The van der Waals surface area contributed by atoms with Gasteiger partial charge in [0.15, 0.2) is 0 Å². The number of benzene rings is 2. The van der Waals surface area contributed by atoms with Crippen LogP contribution in [0.25, 0.3) is 10.9 Å². The van der Waals surface area contributed by atoms with Gasteiger partial charge < -0.3 is 14.4 Å². The average Bonchev–Trinajstić information content (AvgIpc) is 3.41. The van der Waals surface area contributed by atoms with Crippen LogP contribution in [0.3, 0.4) is 0 Å². The molecule has 0 bridgehead atoms. The summed E-state index contributed by atoms with van der Waals surface area (Å²) >= 11 is 19.0. The molecule has 1 atom stereocenters. The Morgan fingerprint density at radius 3 is 2.49 bits per heavy atom. The molecule has 0 saturated carbocycles. The van der Waals surface area contributed by atoms with Crippen LogP contribution in [0, 0.1) is 17.8 Å². The molecule has 41 heavy (non-hydrogen) atoms. The van der Waals surface area contributed by atoms with Crippen LogP contribution < -0.4 is 5.32 Å². The van der Waals surface area contributed by atoms with Crippen LogP contribution in [0.15, 0.2) is 30.3 Å². The van der Waals surface area contributed by atoms with E-state index in [-0.39, 0.29) is 36.6 Å². The third-order valence-corrected chi connectivity index (χ3v) is 9.32. The van der Waals surface area contributed by atoms with E-state index in [0.29, 0.717) is 64.1 Å². The number of likely N-dealkylation sites (tertiary alicyclic amines) is 1. The SMILES string of the molecule is Cn1c(Cl)c(C(=O)N2CCC(C#Cc3cccc4c3CN(C3CCC(=O)NC3=O)C4=O)CC2)c2cc(Cl)c(Cl)cc21. The number of fused-ring (bicyclic) bond motifs is 2. The van der Waals surface area contributed by atoms with Gasteiger partial charge in [-0.15, -0.1) is 0 Å². The van der Waals surface area contributed by atoms with Crippen LogP contribution in [0.5, 0.6) is 0 Å². The molecule has 1 aromatic heterocycles. The van der Waals surface area contributed by atoms with E-state index in [4.69, 9.17) is 34.8 Å². The molecule has 8 nitrogen and oxygen atoms in total. The second-order valence-electron chi connectivity index (χ2n) is 10.6. The Balaban J connectivity index is 1.15. The van der Waals surface area contributed by atoms with Gasteiger partial charge in [-0.2, -0.15) is 0 Å². The molecular weight excluding hydrogens is 587 g/mol. The zero-order valence-electron chi connectivity index (χ0n) is 22.1. The second-order valence-corrected chi connectivity index (χ2v) is 11.7. The maximum atomic E-state index is 13.5. The molecule has 6 rings (SSSR count). The fourth-order valence-corrected chi connectivity index (χ4v) is 6.46. The molecule has 11 heteroatoms. The summed E-state index contributed by atoms with van der Waals surface area (Å²) in [5.74, 6) is 5.56. The summed E-state index contributed by atoms with van der Waals surface area (Å²) < 4.78 is 1.73. The third-order valence-electron chi connectivity index (χ3n) is 8.16. The first kappa shape index (κ1) is 27.6. The summed E-state index contributed by atoms with van der Waals surface area (Å²) in [6.45, 7) is 1.33. The Bertz CT molecular complexity index is 1710. The first-order chi connectivity index (χ1) is 19.6. The molecule has 3 aromatic rings. The lowest BCUT2D eigenvalue weighted by Gasteiger charge is -2.30. The monoisotopic (exact) mass is 610 g/mol. The largest absolute Gasteiger partial charge is 0.338 e. The van der Waals surface area contributed by atoms with E-state index in [1.54, 1.807) is 40.8 Å². The Labute approximate surface area is 251 Å². The van der Waals surface area contributed by atoms with Crippen molar-refractivity contribution in [1.82, 2.24) is 19.7 Å². The number of nitrogens with zero attached hydrogens (tertiary/aromatic N) is 3. The molecule has 4 amide bonds. The topological polar surface area (TPSA) is 91.7 Å². The molecule has 2 fully saturated rings. The minimum atomic E-state index is -0.668. The fraction of sp³-hybridized carbons (Fsp3) is 0.333. The number of piperidine rings is 2. The molecule has 210 valence electrons. The van der Waals surface area contributed by atoms with E-state index in [1.165, 1.54) is 4.90 Å². The lowest BCUT2D eigenvalue weighted by atomic mass is 9.95. The Morgan fingerprint density at radius 2 is 1.76 bits per heavy atom. The Morgan fingerprint density at radius 1 is 1.02 bits per heavy atom. The van der Waals surface area contributed by atoms with Gasteiger partial charge in [-0.3, -0.25) is 24.5 Å². The van der Waals surface area contributed by atoms with Crippen molar-refractivity contribution in [2.75, 3.05) is 13.1 Å². The standard InChI is InChI=1S/C30H25Cl3N4O4/c1-35-24-14-22(32)21(31)13-19(24)26(27(35)33)30(41)36-11-9-16(10-12-36)5-6-17-3-2-4-18-20(17)15-37(29(18)40)23-7-8-25(38)34-28(23)39/h2-4,13-14,16,23H,7-12,15H2,1H3,(H,34,38,39). The van der Waals surface area contributed by atoms with E-state index in [1.807, 2.05) is 6.07 Å². The number of aryl methyl sites for hydroxylation is 1. The highest BCUT2D eigenvalue weighted by Gasteiger charge is 2.39. The van der Waals surface area contributed by atoms with Gasteiger partial charge in [0.2, 0.25) is 11.8 Å². The van der Waals surface area contributed by atoms with Crippen LogP contribution in [0.1, 0.15) is 57.5 Å². The molecule has 3 aliphatic heterocycles. The molecule has 2 saturated heterocycles. The number of imide groups is 1. The van der Waals surface area contributed by atoms with Crippen LogP contribution in [-0.2, 0) is 23.2 Å². The molecule has 0 radical (unpaired) electrons. The minimum Gasteiger partial charge on any atom is -0.338 e. The first-order valence-corrected chi connectivity index (χ1v) is 14.5. The second kappa shape index (κ2) is 10.7. The highest BCUT2D eigenvalue weighted by atomic mass is 35.5. The van der Waals surface area contributed by atoms with Crippen molar-refractivity contribution in [2.24, 2.45) is 13.0 Å². The van der Waals surface area contributed by atoms with Crippen molar-refractivity contribution >= 4 is 69.3 Å². The van der Waals surface area contributed by atoms with Gasteiger partial charge in [-0.1, -0.05) is 52.7 Å². The molecule has 0 aliphatic carbocycles. The predicted molar refractivity (Wildman–Crippen MR) is 156 cm³/mol. The number of aromatic nitrogens is 1. The molecular formula is C30H25Cl3N4O4. The zero-order chi connectivity index (χ0) is 29.0. The van der Waals surface area contributed by atoms with Crippen molar-refractivity contribution in [2.45, 2.75) is 38.3 Å². The molecule has 3 aliphatic rings. The number of carbonyl (C=O) groups excluding carboxylic acids is 4. The molecule has 0 spiro atoms. The number of rotatable bonds is 2. The third kappa shape index (κ3) is 4.86. The highest BCUT2D eigenvalue weighted by Crippen LogP contribution is 2.36. The van der Waals surface area contributed by atoms with Gasteiger partial charge >= 0.3 is 0 Å². The van der Waals surface area contributed by atoms with Crippen LogP contribution >= 0.6 is 34.8 Å². The van der Waals surface area contributed by atoms with Crippen LogP contribution in [-0.4, -0.2) is 57.1 Å². The maximum absolute atomic E-state index is 13.5. The van der Waals surface area contributed by atoms with Crippen molar-refractivity contribution in [3.63, 3.8) is 0 Å². The van der Waals surface area contributed by atoms with Crippen LogP contribution in [0.4, 0.5) is 0 Å². The van der Waals surface area contributed by atoms with Gasteiger partial charge in [-0.05, 0) is 49.1 Å². The number of carbonyl (C=O) groups is 4. The fourth-order valence-electron chi connectivity index (χ4n) is 5.87. The quantitative estimate of drug-likeness (QED) is 0.333. The van der Waals surface area contributed by atoms with Gasteiger partial charge in [0.25, 0.3) is 11.8 Å². The Kier molecular flexibility index (Phi) is 7.23. The predicted octanol–water partition coefficient (Wildman–Crippen LogP) is 4.80. The summed E-state index contributed by atoms with van der Waals surface area (Å²) in [5, 5.41) is 4.09. The van der Waals surface area contributed by atoms with E-state index in [9.17, 15) is 19.2 Å². The lowest BCUT2D eigenvalue weighted by molar-refractivity contribution is -0.136. The average molecular weight is 612 g/mol. The van der Waals surface area contributed by atoms with E-state index in [2.05, 4.69) is 17.2 Å². The van der Waals surface area contributed by atoms with Crippen molar-refractivity contribution in [3.8, 4) is 11.8 Å². The number of amides is 4. The highest BCUT2D eigenvalue weighted by molar-refractivity contribution is 6.43. The number of halogens is 3. The van der Waals surface area contributed by atoms with Gasteiger partial charge in [0.05, 0.1) is 21.1 Å². The van der Waals surface area contributed by atoms with Gasteiger partial charge in [0, 0.05) is 55.5 Å². The minimum absolute atomic E-state index is 0.0782. The number of hydrogen-bond donors (Lipinski definition) is 1. The summed E-state index contributed by atoms with van der Waals surface area (Å²) in [7, 11) is 1.78. The summed E-state index contributed by atoms with van der Waals surface area (Å²) in [4.78, 5) is 53.9. The summed E-state index contributed by atoms with van der Waals surface area (Å²) in [6.07, 6.45) is 1.92. The maximum Gasteiger partial charge on any atom is 0.257 e. The van der Waals surface area contributed by atoms with Crippen molar-refractivity contribution < 1.29 is 19.2 Å². The molecule has 2 aromatic carbocycles. The lowest BCUT2D eigenvalue weighted by Crippen LogP contribution is -2.52.